The first kappa shape index (κ1) is 15.3. The molecule has 0 bridgehead atoms. The minimum Gasteiger partial charge on any atom is -0.495 e. The van der Waals surface area contributed by atoms with Crippen molar-refractivity contribution in [2.75, 3.05) is 13.7 Å². The van der Waals surface area contributed by atoms with E-state index in [-0.39, 0.29) is 11.7 Å². The molecule has 5 heteroatoms. The second-order valence-corrected chi connectivity index (χ2v) is 4.89. The lowest BCUT2D eigenvalue weighted by atomic mass is 10.1. The fourth-order valence-corrected chi connectivity index (χ4v) is 2.14. The summed E-state index contributed by atoms with van der Waals surface area (Å²) in [4.78, 5) is 12.0. The monoisotopic (exact) mass is 307 g/mol. The van der Waals surface area contributed by atoms with Crippen LogP contribution in [0.25, 0.3) is 0 Å². The highest BCUT2D eigenvalue weighted by Gasteiger charge is 2.08. The van der Waals surface area contributed by atoms with Gasteiger partial charge in [-0.3, -0.25) is 4.79 Å². The molecule has 0 aliphatic rings. The van der Waals surface area contributed by atoms with E-state index in [2.05, 4.69) is 5.32 Å². The summed E-state index contributed by atoms with van der Waals surface area (Å²) in [6.07, 6.45) is 0.635. The van der Waals surface area contributed by atoms with Crippen LogP contribution in [-0.2, 0) is 6.42 Å². The highest BCUT2D eigenvalue weighted by molar-refractivity contribution is 6.32. The Morgan fingerprint density at radius 2 is 1.95 bits per heavy atom. The van der Waals surface area contributed by atoms with Crippen LogP contribution in [-0.4, -0.2) is 19.6 Å². The minimum atomic E-state index is -0.268. The van der Waals surface area contributed by atoms with Crippen LogP contribution in [0.4, 0.5) is 4.39 Å². The Morgan fingerprint density at radius 1 is 1.24 bits per heavy atom. The van der Waals surface area contributed by atoms with E-state index in [1.807, 2.05) is 0 Å². The third-order valence-electron chi connectivity index (χ3n) is 3.03. The molecule has 0 unspecified atom stereocenters. The fraction of sp³-hybridized carbons (Fsp3) is 0.188. The molecular formula is C16H15ClFNO2. The van der Waals surface area contributed by atoms with Gasteiger partial charge in [-0.25, -0.2) is 4.39 Å². The summed E-state index contributed by atoms with van der Waals surface area (Å²) >= 11 is 5.98. The lowest BCUT2D eigenvalue weighted by Gasteiger charge is -2.07. The maximum Gasteiger partial charge on any atom is 0.251 e. The third-order valence-corrected chi connectivity index (χ3v) is 3.32. The molecule has 3 nitrogen and oxygen atoms in total. The van der Waals surface area contributed by atoms with E-state index in [0.29, 0.717) is 29.3 Å². The average Bonchev–Trinajstić information content (AvgIpc) is 2.49. The van der Waals surface area contributed by atoms with E-state index in [1.54, 1.807) is 30.3 Å². The molecule has 2 aromatic rings. The summed E-state index contributed by atoms with van der Waals surface area (Å²) in [5.41, 5.74) is 1.43. The van der Waals surface area contributed by atoms with Crippen LogP contribution < -0.4 is 10.1 Å². The Labute approximate surface area is 127 Å². The first-order valence-corrected chi connectivity index (χ1v) is 6.84. The van der Waals surface area contributed by atoms with Crippen LogP contribution in [0.1, 0.15) is 15.9 Å². The molecule has 2 rings (SSSR count). The lowest BCUT2D eigenvalue weighted by molar-refractivity contribution is 0.0954. The first-order valence-electron chi connectivity index (χ1n) is 6.46. The summed E-state index contributed by atoms with van der Waals surface area (Å²) in [5, 5.41) is 3.19. The number of hydrogen-bond acceptors (Lipinski definition) is 2. The van der Waals surface area contributed by atoms with Crippen molar-refractivity contribution in [1.82, 2.24) is 5.32 Å². The van der Waals surface area contributed by atoms with Crippen molar-refractivity contribution >= 4 is 17.5 Å². The number of hydrogen-bond donors (Lipinski definition) is 1. The number of rotatable bonds is 5. The van der Waals surface area contributed by atoms with Crippen LogP contribution in [0.3, 0.4) is 0 Å². The van der Waals surface area contributed by atoms with Crippen LogP contribution in [0, 0.1) is 5.82 Å². The molecule has 0 heterocycles. The molecule has 110 valence electrons. The Kier molecular flexibility index (Phi) is 5.17. The largest absolute Gasteiger partial charge is 0.495 e. The van der Waals surface area contributed by atoms with E-state index in [4.69, 9.17) is 16.3 Å². The number of carbonyl (C=O) groups is 1. The molecule has 1 N–H and O–H groups in total. The summed E-state index contributed by atoms with van der Waals surface area (Å²) in [6, 6.07) is 11.1. The maximum atomic E-state index is 12.8. The van der Waals surface area contributed by atoms with Gasteiger partial charge in [0.2, 0.25) is 0 Å². The maximum absolute atomic E-state index is 12.8. The molecule has 0 saturated carbocycles. The Morgan fingerprint density at radius 3 is 2.57 bits per heavy atom. The molecule has 0 aliphatic heterocycles. The summed E-state index contributed by atoms with van der Waals surface area (Å²) in [5.74, 6) is 0.0526. The topological polar surface area (TPSA) is 38.3 Å². The smallest absolute Gasteiger partial charge is 0.251 e. The molecule has 0 aromatic heterocycles. The van der Waals surface area contributed by atoms with Gasteiger partial charge in [0.25, 0.3) is 5.91 Å². The van der Waals surface area contributed by atoms with Crippen molar-refractivity contribution in [3.8, 4) is 5.75 Å². The van der Waals surface area contributed by atoms with Crippen molar-refractivity contribution in [2.45, 2.75) is 6.42 Å². The predicted octanol–water partition coefficient (Wildman–Crippen LogP) is 3.46. The van der Waals surface area contributed by atoms with Crippen molar-refractivity contribution in [3.05, 3.63) is 64.4 Å². The van der Waals surface area contributed by atoms with Crippen LogP contribution in [0.2, 0.25) is 5.02 Å². The third kappa shape index (κ3) is 4.20. The molecule has 0 radical (unpaired) electrons. The number of nitrogens with one attached hydrogen (secondary N) is 1. The second-order valence-electron chi connectivity index (χ2n) is 4.48. The SMILES string of the molecule is COc1ccc(C(=O)NCCc2ccc(F)cc2)cc1Cl. The van der Waals surface area contributed by atoms with Crippen molar-refractivity contribution in [2.24, 2.45) is 0 Å². The van der Waals surface area contributed by atoms with Gasteiger partial charge in [-0.05, 0) is 42.3 Å². The van der Waals surface area contributed by atoms with Gasteiger partial charge < -0.3 is 10.1 Å². The lowest BCUT2D eigenvalue weighted by Crippen LogP contribution is -2.25. The Hall–Kier alpha value is -2.07. The van der Waals surface area contributed by atoms with Gasteiger partial charge in [0, 0.05) is 12.1 Å². The van der Waals surface area contributed by atoms with Crippen molar-refractivity contribution in [3.63, 3.8) is 0 Å². The molecule has 0 fully saturated rings. The Bertz CT molecular complexity index is 629. The van der Waals surface area contributed by atoms with Gasteiger partial charge in [0.05, 0.1) is 12.1 Å². The zero-order valence-electron chi connectivity index (χ0n) is 11.5. The van der Waals surface area contributed by atoms with Gasteiger partial charge in [0.1, 0.15) is 11.6 Å². The van der Waals surface area contributed by atoms with Gasteiger partial charge in [-0.1, -0.05) is 23.7 Å². The van der Waals surface area contributed by atoms with E-state index in [0.717, 1.165) is 5.56 Å². The van der Waals surface area contributed by atoms with Crippen molar-refractivity contribution in [1.29, 1.82) is 0 Å². The number of carbonyl (C=O) groups excluding carboxylic acids is 1. The molecule has 0 aliphatic carbocycles. The van der Waals surface area contributed by atoms with E-state index >= 15 is 0 Å². The van der Waals surface area contributed by atoms with Crippen LogP contribution in [0.5, 0.6) is 5.75 Å². The quantitative estimate of drug-likeness (QED) is 0.918. The zero-order chi connectivity index (χ0) is 15.2. The van der Waals surface area contributed by atoms with Crippen molar-refractivity contribution < 1.29 is 13.9 Å². The minimum absolute atomic E-state index is 0.207. The van der Waals surface area contributed by atoms with E-state index in [1.165, 1.54) is 19.2 Å². The van der Waals surface area contributed by atoms with Gasteiger partial charge in [-0.2, -0.15) is 0 Å². The van der Waals surface area contributed by atoms with E-state index in [9.17, 15) is 9.18 Å². The van der Waals surface area contributed by atoms with Crippen LogP contribution in [0.15, 0.2) is 42.5 Å². The standard InChI is InChI=1S/C16H15ClFNO2/c1-21-15-7-4-12(10-14(15)17)16(20)19-9-8-11-2-5-13(18)6-3-11/h2-7,10H,8-9H2,1H3,(H,19,20). The molecule has 1 amide bonds. The summed E-state index contributed by atoms with van der Waals surface area (Å²) in [6.45, 7) is 0.466. The van der Waals surface area contributed by atoms with E-state index < -0.39 is 0 Å². The number of halogens is 2. The molecule has 21 heavy (non-hydrogen) atoms. The summed E-state index contributed by atoms with van der Waals surface area (Å²) < 4.78 is 17.8. The highest BCUT2D eigenvalue weighted by Crippen LogP contribution is 2.24. The number of methoxy groups -OCH3 is 1. The Balaban J connectivity index is 1.89. The van der Waals surface area contributed by atoms with Gasteiger partial charge in [-0.15, -0.1) is 0 Å². The summed E-state index contributed by atoms with van der Waals surface area (Å²) in [7, 11) is 1.52. The molecule has 0 spiro atoms. The zero-order valence-corrected chi connectivity index (χ0v) is 12.3. The fourth-order valence-electron chi connectivity index (χ4n) is 1.88. The molecule has 2 aromatic carbocycles. The van der Waals surface area contributed by atoms with Crippen LogP contribution >= 0.6 is 11.6 Å². The molecule has 0 atom stereocenters. The number of benzene rings is 2. The normalized spacial score (nSPS) is 10.2. The molecule has 0 saturated heterocycles. The van der Waals surface area contributed by atoms with Gasteiger partial charge in [0.15, 0.2) is 0 Å². The first-order chi connectivity index (χ1) is 10.1. The predicted molar refractivity (Wildman–Crippen MR) is 80.4 cm³/mol. The molecular weight excluding hydrogens is 293 g/mol. The van der Waals surface area contributed by atoms with Gasteiger partial charge >= 0.3 is 0 Å². The number of amides is 1. The average molecular weight is 308 g/mol. The number of ether oxygens (including phenoxy) is 1. The highest BCUT2D eigenvalue weighted by atomic mass is 35.5. The second kappa shape index (κ2) is 7.09.